The van der Waals surface area contributed by atoms with Crippen LogP contribution in [-0.4, -0.2) is 4.98 Å². The van der Waals surface area contributed by atoms with Crippen LogP contribution >= 0.6 is 0 Å². The summed E-state index contributed by atoms with van der Waals surface area (Å²) in [6, 6.07) is 4.54. The molecule has 0 amide bonds. The molecule has 1 aliphatic carbocycles. The lowest BCUT2D eigenvalue weighted by Crippen LogP contribution is -2.19. The van der Waals surface area contributed by atoms with Crippen LogP contribution in [0, 0.1) is 5.92 Å². The van der Waals surface area contributed by atoms with Gasteiger partial charge >= 0.3 is 0 Å². The lowest BCUT2D eigenvalue weighted by molar-refractivity contribution is 0.553. The van der Waals surface area contributed by atoms with Gasteiger partial charge in [-0.05, 0) is 43.2 Å². The van der Waals surface area contributed by atoms with Crippen molar-refractivity contribution < 1.29 is 0 Å². The van der Waals surface area contributed by atoms with Gasteiger partial charge < -0.3 is 5.73 Å². The van der Waals surface area contributed by atoms with E-state index in [2.05, 4.69) is 26.0 Å². The summed E-state index contributed by atoms with van der Waals surface area (Å²) < 4.78 is 0. The highest BCUT2D eigenvalue weighted by Gasteiger charge is 2.17. The van der Waals surface area contributed by atoms with Crippen molar-refractivity contribution in [2.75, 3.05) is 0 Å². The summed E-state index contributed by atoms with van der Waals surface area (Å²) in [5.74, 6) is 0.674. The Bertz CT molecular complexity index is 344. The number of aryl methyl sites for hydroxylation is 1. The molecule has 2 rings (SSSR count). The first-order chi connectivity index (χ1) is 7.16. The smallest absolute Gasteiger partial charge is 0.0454 e. The molecule has 1 atom stereocenters. The molecule has 15 heavy (non-hydrogen) atoms. The molecular weight excluding hydrogens is 184 g/mol. The van der Waals surface area contributed by atoms with Gasteiger partial charge in [-0.2, -0.15) is 0 Å². The van der Waals surface area contributed by atoms with Gasteiger partial charge in [-0.3, -0.25) is 4.98 Å². The first-order valence-corrected chi connectivity index (χ1v) is 5.91. The van der Waals surface area contributed by atoms with Crippen LogP contribution in [0.4, 0.5) is 0 Å². The summed E-state index contributed by atoms with van der Waals surface area (Å²) >= 11 is 0. The zero-order chi connectivity index (χ0) is 10.8. The molecule has 0 fully saturated rings. The van der Waals surface area contributed by atoms with E-state index in [9.17, 15) is 0 Å². The second-order valence-corrected chi connectivity index (χ2v) is 4.94. The third kappa shape index (κ3) is 2.37. The highest BCUT2D eigenvalue weighted by molar-refractivity contribution is 5.28. The molecule has 0 saturated carbocycles. The molecule has 0 bridgehead atoms. The quantitative estimate of drug-likeness (QED) is 0.804. The van der Waals surface area contributed by atoms with Crippen LogP contribution in [0.5, 0.6) is 0 Å². The lowest BCUT2D eigenvalue weighted by atomic mass is 9.91. The average molecular weight is 204 g/mol. The maximum atomic E-state index is 6.06. The van der Waals surface area contributed by atoms with Crippen LogP contribution in [0.15, 0.2) is 12.1 Å². The molecule has 1 aromatic rings. The molecule has 1 aliphatic rings. The minimum absolute atomic E-state index is 0.217. The van der Waals surface area contributed by atoms with Gasteiger partial charge in [0.15, 0.2) is 0 Å². The number of nitrogens with zero attached hydrogens (tertiary/aromatic N) is 1. The minimum Gasteiger partial charge on any atom is -0.324 e. The Morgan fingerprint density at radius 3 is 3.00 bits per heavy atom. The average Bonchev–Trinajstić information content (AvgIpc) is 2.17. The predicted octanol–water partition coefficient (Wildman–Crippen LogP) is 2.62. The Morgan fingerprint density at radius 1 is 1.47 bits per heavy atom. The predicted molar refractivity (Wildman–Crippen MR) is 62.6 cm³/mol. The summed E-state index contributed by atoms with van der Waals surface area (Å²) in [4.78, 5) is 4.72. The van der Waals surface area contributed by atoms with E-state index >= 15 is 0 Å². The Morgan fingerprint density at radius 2 is 2.27 bits per heavy atom. The Labute approximate surface area is 91.9 Å². The maximum absolute atomic E-state index is 6.06. The number of fused-ring (bicyclic) bond motifs is 1. The van der Waals surface area contributed by atoms with Crippen molar-refractivity contribution >= 4 is 0 Å². The van der Waals surface area contributed by atoms with E-state index in [-0.39, 0.29) is 6.04 Å². The summed E-state index contributed by atoms with van der Waals surface area (Å²) in [7, 11) is 0. The van der Waals surface area contributed by atoms with E-state index in [1.165, 1.54) is 23.4 Å². The first-order valence-electron chi connectivity index (χ1n) is 5.91. The lowest BCUT2D eigenvalue weighted by Gasteiger charge is -2.21. The van der Waals surface area contributed by atoms with Gasteiger partial charge in [-0.25, -0.2) is 0 Å². The summed E-state index contributed by atoms with van der Waals surface area (Å²) in [6.07, 6.45) is 4.47. The largest absolute Gasteiger partial charge is 0.324 e. The molecule has 0 aliphatic heterocycles. The number of aromatic nitrogens is 1. The zero-order valence-electron chi connectivity index (χ0n) is 9.66. The molecule has 0 spiro atoms. The number of rotatable bonds is 2. The Hall–Kier alpha value is -0.890. The van der Waals surface area contributed by atoms with Crippen molar-refractivity contribution in [2.45, 2.75) is 45.6 Å². The number of pyridine rings is 1. The number of hydrogen-bond acceptors (Lipinski definition) is 2. The molecular formula is C13H20N2. The van der Waals surface area contributed by atoms with Crippen LogP contribution in [0.2, 0.25) is 0 Å². The normalized spacial score (nSPS) is 20.4. The first kappa shape index (κ1) is 10.6. The standard InChI is InChI=1S/C13H20N2/c1-9(2)8-10-6-7-11-12(14)4-3-5-13(11)15-10/h6-7,9,12H,3-5,8,14H2,1-2H3. The van der Waals surface area contributed by atoms with Crippen molar-refractivity contribution in [1.82, 2.24) is 4.98 Å². The highest BCUT2D eigenvalue weighted by Crippen LogP contribution is 2.26. The molecule has 0 saturated heterocycles. The third-order valence-corrected chi connectivity index (χ3v) is 3.01. The molecule has 0 radical (unpaired) electrons. The summed E-state index contributed by atoms with van der Waals surface area (Å²) in [6.45, 7) is 4.46. The van der Waals surface area contributed by atoms with Gasteiger partial charge in [0, 0.05) is 17.4 Å². The van der Waals surface area contributed by atoms with Crippen molar-refractivity contribution in [3.63, 3.8) is 0 Å². The third-order valence-electron chi connectivity index (χ3n) is 3.01. The maximum Gasteiger partial charge on any atom is 0.0454 e. The van der Waals surface area contributed by atoms with Gasteiger partial charge in [0.05, 0.1) is 0 Å². The fraction of sp³-hybridized carbons (Fsp3) is 0.615. The Kier molecular flexibility index (Phi) is 3.06. The monoisotopic (exact) mass is 204 g/mol. The summed E-state index contributed by atoms with van der Waals surface area (Å²) in [5, 5.41) is 0. The van der Waals surface area contributed by atoms with Gasteiger partial charge in [0.2, 0.25) is 0 Å². The van der Waals surface area contributed by atoms with E-state index in [1.807, 2.05) is 0 Å². The fourth-order valence-electron chi connectivity index (χ4n) is 2.27. The van der Waals surface area contributed by atoms with Gasteiger partial charge in [0.25, 0.3) is 0 Å². The van der Waals surface area contributed by atoms with Gasteiger partial charge in [-0.15, -0.1) is 0 Å². The van der Waals surface area contributed by atoms with E-state index in [0.29, 0.717) is 5.92 Å². The highest BCUT2D eigenvalue weighted by atomic mass is 14.7. The SMILES string of the molecule is CC(C)Cc1ccc2c(n1)CCCC2N. The van der Waals surface area contributed by atoms with Crippen molar-refractivity contribution in [3.8, 4) is 0 Å². The molecule has 2 nitrogen and oxygen atoms in total. The summed E-state index contributed by atoms with van der Waals surface area (Å²) in [5.41, 5.74) is 9.79. The number of hydrogen-bond donors (Lipinski definition) is 1. The van der Waals surface area contributed by atoms with Crippen LogP contribution in [0.1, 0.15) is 49.7 Å². The van der Waals surface area contributed by atoms with Crippen LogP contribution in [0.3, 0.4) is 0 Å². The van der Waals surface area contributed by atoms with Crippen LogP contribution < -0.4 is 5.73 Å². The molecule has 2 N–H and O–H groups in total. The van der Waals surface area contributed by atoms with E-state index in [1.54, 1.807) is 0 Å². The van der Waals surface area contributed by atoms with Gasteiger partial charge in [-0.1, -0.05) is 19.9 Å². The van der Waals surface area contributed by atoms with Gasteiger partial charge in [0.1, 0.15) is 0 Å². The molecule has 1 unspecified atom stereocenters. The van der Waals surface area contributed by atoms with Crippen LogP contribution in [-0.2, 0) is 12.8 Å². The molecule has 1 aromatic heterocycles. The minimum atomic E-state index is 0.217. The van der Waals surface area contributed by atoms with E-state index < -0.39 is 0 Å². The molecule has 1 heterocycles. The molecule has 82 valence electrons. The van der Waals surface area contributed by atoms with Crippen molar-refractivity contribution in [2.24, 2.45) is 11.7 Å². The zero-order valence-corrected chi connectivity index (χ0v) is 9.66. The molecule has 2 heteroatoms. The van der Waals surface area contributed by atoms with E-state index in [4.69, 9.17) is 10.7 Å². The fourth-order valence-corrected chi connectivity index (χ4v) is 2.27. The topological polar surface area (TPSA) is 38.9 Å². The van der Waals surface area contributed by atoms with Crippen LogP contribution in [0.25, 0.3) is 0 Å². The number of nitrogens with two attached hydrogens (primary N) is 1. The van der Waals surface area contributed by atoms with Crippen molar-refractivity contribution in [3.05, 3.63) is 29.1 Å². The molecule has 0 aromatic carbocycles. The van der Waals surface area contributed by atoms with Crippen molar-refractivity contribution in [1.29, 1.82) is 0 Å². The Balaban J connectivity index is 2.25. The van der Waals surface area contributed by atoms with E-state index in [0.717, 1.165) is 19.3 Å². The second-order valence-electron chi connectivity index (χ2n) is 4.94. The second kappa shape index (κ2) is 4.31.